The quantitative estimate of drug-likeness (QED) is 0.802. The highest BCUT2D eigenvalue weighted by molar-refractivity contribution is 5.82. The second-order valence-electron chi connectivity index (χ2n) is 6.68. The molecule has 0 bridgehead atoms. The maximum absolute atomic E-state index is 12.6. The smallest absolute Gasteiger partial charge is 0.242 e. The van der Waals surface area contributed by atoms with Gasteiger partial charge in [-0.15, -0.1) is 0 Å². The van der Waals surface area contributed by atoms with E-state index in [-0.39, 0.29) is 24.0 Å². The van der Waals surface area contributed by atoms with Crippen LogP contribution < -0.4 is 0 Å². The molecule has 4 heteroatoms. The molecule has 0 aromatic heterocycles. The molecule has 0 aromatic carbocycles. The summed E-state index contributed by atoms with van der Waals surface area (Å²) in [5.41, 5.74) is 0.0942. The Morgan fingerprint density at radius 2 is 1.89 bits per heavy atom. The first kappa shape index (κ1) is 13.8. The Kier molecular flexibility index (Phi) is 3.97. The molecule has 1 unspecified atom stereocenters. The van der Waals surface area contributed by atoms with Gasteiger partial charge in [0.05, 0.1) is 6.61 Å². The fraction of sp³-hybridized carbons (Fsp3) is 0.929. The highest BCUT2D eigenvalue weighted by Crippen LogP contribution is 2.31. The van der Waals surface area contributed by atoms with Crippen molar-refractivity contribution in [3.8, 4) is 0 Å². The van der Waals surface area contributed by atoms with Gasteiger partial charge < -0.3 is 10.0 Å². The number of rotatable bonds is 2. The van der Waals surface area contributed by atoms with Crippen LogP contribution in [0.4, 0.5) is 0 Å². The standard InChI is InChI=1S/C14H26N2O2/c1-14(2)9-15(3)12(8-17)13(18)16(10-14)11-6-4-5-7-11/h11-12,17H,4-10H2,1-3H3. The van der Waals surface area contributed by atoms with Crippen molar-refractivity contribution in [2.24, 2.45) is 5.41 Å². The van der Waals surface area contributed by atoms with Crippen LogP contribution in [0.2, 0.25) is 0 Å². The predicted octanol–water partition coefficient (Wildman–Crippen LogP) is 1.09. The monoisotopic (exact) mass is 254 g/mol. The molecule has 1 saturated heterocycles. The third-order valence-electron chi connectivity index (χ3n) is 4.31. The zero-order valence-corrected chi connectivity index (χ0v) is 11.9. The number of aliphatic hydroxyl groups is 1. The van der Waals surface area contributed by atoms with E-state index in [1.807, 2.05) is 11.9 Å². The lowest BCUT2D eigenvalue weighted by Crippen LogP contribution is -2.49. The van der Waals surface area contributed by atoms with Crippen molar-refractivity contribution >= 4 is 5.91 Å². The van der Waals surface area contributed by atoms with Crippen molar-refractivity contribution in [3.63, 3.8) is 0 Å². The van der Waals surface area contributed by atoms with E-state index in [0.29, 0.717) is 6.04 Å². The molecule has 2 rings (SSSR count). The van der Waals surface area contributed by atoms with E-state index >= 15 is 0 Å². The minimum Gasteiger partial charge on any atom is -0.394 e. The van der Waals surface area contributed by atoms with Gasteiger partial charge in [-0.1, -0.05) is 26.7 Å². The molecule has 1 atom stereocenters. The summed E-state index contributed by atoms with van der Waals surface area (Å²) in [5.74, 6) is 0.123. The molecule has 1 aliphatic heterocycles. The third-order valence-corrected chi connectivity index (χ3v) is 4.31. The number of aliphatic hydroxyl groups excluding tert-OH is 1. The summed E-state index contributed by atoms with van der Waals surface area (Å²) < 4.78 is 0. The molecule has 1 N–H and O–H groups in total. The molecule has 2 fully saturated rings. The van der Waals surface area contributed by atoms with E-state index in [4.69, 9.17) is 0 Å². The van der Waals surface area contributed by atoms with Gasteiger partial charge in [-0.2, -0.15) is 0 Å². The topological polar surface area (TPSA) is 43.8 Å². The molecule has 1 aliphatic carbocycles. The summed E-state index contributed by atoms with van der Waals surface area (Å²) in [5, 5.41) is 9.50. The maximum atomic E-state index is 12.6. The summed E-state index contributed by atoms with van der Waals surface area (Å²) in [6.07, 6.45) is 4.72. The number of nitrogens with zero attached hydrogens (tertiary/aromatic N) is 2. The van der Waals surface area contributed by atoms with E-state index in [2.05, 4.69) is 18.7 Å². The first-order valence-electron chi connectivity index (χ1n) is 7.06. The fourth-order valence-corrected chi connectivity index (χ4v) is 3.50. The Morgan fingerprint density at radius 1 is 1.28 bits per heavy atom. The van der Waals surface area contributed by atoms with Crippen LogP contribution >= 0.6 is 0 Å². The Labute approximate surface area is 110 Å². The first-order valence-corrected chi connectivity index (χ1v) is 7.06. The lowest BCUT2D eigenvalue weighted by Gasteiger charge is -2.34. The molecule has 1 amide bonds. The minimum atomic E-state index is -0.354. The van der Waals surface area contributed by atoms with Crippen LogP contribution in [0.1, 0.15) is 39.5 Å². The van der Waals surface area contributed by atoms with E-state index in [1.165, 1.54) is 12.8 Å². The Balaban J connectivity index is 2.22. The van der Waals surface area contributed by atoms with Crippen molar-refractivity contribution in [1.29, 1.82) is 0 Å². The molecule has 18 heavy (non-hydrogen) atoms. The van der Waals surface area contributed by atoms with E-state index in [0.717, 1.165) is 25.9 Å². The molecule has 0 spiro atoms. The molecule has 2 aliphatic rings. The summed E-state index contributed by atoms with van der Waals surface area (Å²) in [7, 11) is 1.94. The lowest BCUT2D eigenvalue weighted by atomic mass is 9.92. The average molecular weight is 254 g/mol. The molecule has 1 saturated carbocycles. The second-order valence-corrected chi connectivity index (χ2v) is 6.68. The second kappa shape index (κ2) is 5.17. The van der Waals surface area contributed by atoms with Crippen LogP contribution in [0, 0.1) is 5.41 Å². The van der Waals surface area contributed by atoms with Gasteiger partial charge in [-0.3, -0.25) is 9.69 Å². The molecular formula is C14H26N2O2. The van der Waals surface area contributed by atoms with Gasteiger partial charge in [0, 0.05) is 19.1 Å². The van der Waals surface area contributed by atoms with E-state index in [9.17, 15) is 9.90 Å². The molecule has 1 heterocycles. The van der Waals surface area contributed by atoms with Crippen molar-refractivity contribution in [1.82, 2.24) is 9.80 Å². The summed E-state index contributed by atoms with van der Waals surface area (Å²) in [6.45, 7) is 6.01. The zero-order chi connectivity index (χ0) is 13.3. The summed E-state index contributed by atoms with van der Waals surface area (Å²) >= 11 is 0. The van der Waals surface area contributed by atoms with Gasteiger partial charge in [-0.25, -0.2) is 0 Å². The molecule has 4 nitrogen and oxygen atoms in total. The molecular weight excluding hydrogens is 228 g/mol. The highest BCUT2D eigenvalue weighted by Gasteiger charge is 2.40. The number of carbonyl (C=O) groups excluding carboxylic acids is 1. The average Bonchev–Trinajstić information content (AvgIpc) is 2.76. The van der Waals surface area contributed by atoms with Crippen molar-refractivity contribution in [2.75, 3.05) is 26.7 Å². The Morgan fingerprint density at radius 3 is 2.44 bits per heavy atom. The number of carbonyl (C=O) groups is 1. The number of likely N-dealkylation sites (N-methyl/N-ethyl adjacent to an activating group) is 1. The van der Waals surface area contributed by atoms with Gasteiger partial charge in [0.15, 0.2) is 0 Å². The van der Waals surface area contributed by atoms with E-state index < -0.39 is 0 Å². The van der Waals surface area contributed by atoms with Crippen LogP contribution in [0.5, 0.6) is 0 Å². The van der Waals surface area contributed by atoms with Gasteiger partial charge in [-0.05, 0) is 25.3 Å². The minimum absolute atomic E-state index is 0.0748. The number of amides is 1. The third kappa shape index (κ3) is 2.69. The molecule has 0 aromatic rings. The largest absolute Gasteiger partial charge is 0.394 e. The van der Waals surface area contributed by atoms with Crippen LogP contribution in [-0.2, 0) is 4.79 Å². The van der Waals surface area contributed by atoms with E-state index in [1.54, 1.807) is 0 Å². The Hall–Kier alpha value is -0.610. The predicted molar refractivity (Wildman–Crippen MR) is 71.3 cm³/mol. The zero-order valence-electron chi connectivity index (χ0n) is 11.9. The normalized spacial score (nSPS) is 30.8. The van der Waals surface area contributed by atoms with Crippen LogP contribution in [-0.4, -0.2) is 59.6 Å². The Bertz CT molecular complexity index is 311. The lowest BCUT2D eigenvalue weighted by molar-refractivity contribution is -0.138. The van der Waals surface area contributed by atoms with Crippen LogP contribution in [0.15, 0.2) is 0 Å². The summed E-state index contributed by atoms with van der Waals surface area (Å²) in [4.78, 5) is 16.7. The molecule has 104 valence electrons. The highest BCUT2D eigenvalue weighted by atomic mass is 16.3. The van der Waals surface area contributed by atoms with Crippen molar-refractivity contribution in [3.05, 3.63) is 0 Å². The van der Waals surface area contributed by atoms with Gasteiger partial charge in [0.25, 0.3) is 0 Å². The van der Waals surface area contributed by atoms with Crippen LogP contribution in [0.3, 0.4) is 0 Å². The van der Waals surface area contributed by atoms with Gasteiger partial charge >= 0.3 is 0 Å². The maximum Gasteiger partial charge on any atom is 0.242 e. The molecule has 0 radical (unpaired) electrons. The first-order chi connectivity index (χ1) is 8.44. The van der Waals surface area contributed by atoms with Crippen LogP contribution in [0.25, 0.3) is 0 Å². The van der Waals surface area contributed by atoms with Gasteiger partial charge in [0.1, 0.15) is 6.04 Å². The fourth-order valence-electron chi connectivity index (χ4n) is 3.50. The van der Waals surface area contributed by atoms with Crippen molar-refractivity contribution in [2.45, 2.75) is 51.6 Å². The number of hydrogen-bond acceptors (Lipinski definition) is 3. The SMILES string of the molecule is CN1CC(C)(C)CN(C2CCCC2)C(=O)C1CO. The van der Waals surface area contributed by atoms with Crippen molar-refractivity contribution < 1.29 is 9.90 Å². The van der Waals surface area contributed by atoms with Gasteiger partial charge in [0.2, 0.25) is 5.91 Å². The summed E-state index contributed by atoms with van der Waals surface area (Å²) in [6, 6.07) is 0.0460. The number of hydrogen-bond donors (Lipinski definition) is 1.